The summed E-state index contributed by atoms with van der Waals surface area (Å²) in [5.74, 6) is 0.0888. The first-order chi connectivity index (χ1) is 8.96. The largest absolute Gasteiger partial charge is 0.381 e. The van der Waals surface area contributed by atoms with Crippen LogP contribution in [0.5, 0.6) is 0 Å². The summed E-state index contributed by atoms with van der Waals surface area (Å²) in [6.07, 6.45) is 2.54. The van der Waals surface area contributed by atoms with Crippen LogP contribution < -0.4 is 11.1 Å². The average Bonchev–Trinajstić information content (AvgIpc) is 2.43. The molecular weight excluding hydrogens is 244 g/mol. The highest BCUT2D eigenvalue weighted by Gasteiger charge is 2.51. The lowest BCUT2D eigenvalue weighted by atomic mass is 9.64. The highest BCUT2D eigenvalue weighted by atomic mass is 16.5. The molecule has 2 rings (SSSR count). The van der Waals surface area contributed by atoms with E-state index in [0.29, 0.717) is 19.8 Å². The molecule has 2 aliphatic rings. The first-order valence-electron chi connectivity index (χ1n) is 7.08. The molecule has 1 saturated heterocycles. The van der Waals surface area contributed by atoms with Crippen molar-refractivity contribution in [3.63, 3.8) is 0 Å². The molecular formula is C14H26N2O3. The molecule has 1 saturated carbocycles. The van der Waals surface area contributed by atoms with Gasteiger partial charge in [0.25, 0.3) is 0 Å². The minimum atomic E-state index is -0.438. The minimum absolute atomic E-state index is 0.00857. The van der Waals surface area contributed by atoms with Gasteiger partial charge >= 0.3 is 0 Å². The van der Waals surface area contributed by atoms with Crippen LogP contribution in [-0.4, -0.2) is 44.9 Å². The number of carbonyl (C=O) groups excluding carboxylic acids is 1. The Bertz CT molecular complexity index is 338. The third-order valence-corrected chi connectivity index (χ3v) is 5.09. The lowest BCUT2D eigenvalue weighted by Gasteiger charge is -2.52. The average molecular weight is 270 g/mol. The summed E-state index contributed by atoms with van der Waals surface area (Å²) in [6, 6.07) is 0.177. The number of carbonyl (C=O) groups is 1. The summed E-state index contributed by atoms with van der Waals surface area (Å²) in [5, 5.41) is 3.18. The van der Waals surface area contributed by atoms with Gasteiger partial charge in [-0.2, -0.15) is 0 Å². The molecule has 1 aliphatic heterocycles. The smallest absolute Gasteiger partial charge is 0.227 e. The molecule has 1 aliphatic carbocycles. The van der Waals surface area contributed by atoms with Crippen LogP contribution in [0.2, 0.25) is 0 Å². The Kier molecular flexibility index (Phi) is 4.18. The number of ether oxygens (including phenoxy) is 2. The predicted molar refractivity (Wildman–Crippen MR) is 72.7 cm³/mol. The molecule has 0 aromatic heterocycles. The van der Waals surface area contributed by atoms with E-state index in [4.69, 9.17) is 15.2 Å². The molecule has 0 spiro atoms. The second-order valence-electron chi connectivity index (χ2n) is 6.40. The van der Waals surface area contributed by atoms with Crippen LogP contribution in [0.15, 0.2) is 0 Å². The summed E-state index contributed by atoms with van der Waals surface area (Å²) < 4.78 is 10.8. The first kappa shape index (κ1) is 14.8. The number of hydrogen-bond donors (Lipinski definition) is 2. The van der Waals surface area contributed by atoms with Gasteiger partial charge in [-0.3, -0.25) is 4.79 Å². The molecule has 19 heavy (non-hydrogen) atoms. The van der Waals surface area contributed by atoms with Gasteiger partial charge in [-0.15, -0.1) is 0 Å². The second kappa shape index (κ2) is 5.38. The van der Waals surface area contributed by atoms with E-state index in [1.54, 1.807) is 7.11 Å². The van der Waals surface area contributed by atoms with Crippen molar-refractivity contribution in [3.05, 3.63) is 0 Å². The van der Waals surface area contributed by atoms with Gasteiger partial charge in [-0.1, -0.05) is 13.8 Å². The fraction of sp³-hybridized carbons (Fsp3) is 0.929. The maximum absolute atomic E-state index is 12.5. The molecule has 110 valence electrons. The molecule has 2 unspecified atom stereocenters. The van der Waals surface area contributed by atoms with Crippen LogP contribution in [0.3, 0.4) is 0 Å². The standard InChI is InChI=1S/C14H26N2O3/c1-13(2)10(8-11(13)18-3)16-12(17)14(9-15)4-6-19-7-5-14/h10-11H,4-9,15H2,1-3H3,(H,16,17). The van der Waals surface area contributed by atoms with Crippen molar-refractivity contribution in [2.45, 2.75) is 45.3 Å². The molecule has 0 aromatic carbocycles. The number of nitrogens with one attached hydrogen (secondary N) is 1. The van der Waals surface area contributed by atoms with Crippen molar-refractivity contribution in [3.8, 4) is 0 Å². The number of nitrogens with two attached hydrogens (primary N) is 1. The zero-order valence-corrected chi connectivity index (χ0v) is 12.2. The number of amides is 1. The molecule has 3 N–H and O–H groups in total. The molecule has 5 nitrogen and oxygen atoms in total. The van der Waals surface area contributed by atoms with Crippen LogP contribution in [0.25, 0.3) is 0 Å². The Morgan fingerprint density at radius 3 is 2.53 bits per heavy atom. The zero-order valence-electron chi connectivity index (χ0n) is 12.2. The fourth-order valence-corrected chi connectivity index (χ4v) is 3.13. The van der Waals surface area contributed by atoms with E-state index in [1.165, 1.54) is 0 Å². The summed E-state index contributed by atoms with van der Waals surface area (Å²) in [6.45, 7) is 5.91. The van der Waals surface area contributed by atoms with Gasteiger partial charge in [0.05, 0.1) is 11.5 Å². The summed E-state index contributed by atoms with van der Waals surface area (Å²) in [7, 11) is 1.73. The van der Waals surface area contributed by atoms with Crippen LogP contribution in [-0.2, 0) is 14.3 Å². The number of methoxy groups -OCH3 is 1. The van der Waals surface area contributed by atoms with Crippen molar-refractivity contribution < 1.29 is 14.3 Å². The molecule has 0 bridgehead atoms. The lowest BCUT2D eigenvalue weighted by molar-refractivity contribution is -0.145. The van der Waals surface area contributed by atoms with E-state index < -0.39 is 5.41 Å². The molecule has 1 heterocycles. The van der Waals surface area contributed by atoms with E-state index in [9.17, 15) is 4.79 Å². The van der Waals surface area contributed by atoms with Crippen molar-refractivity contribution >= 4 is 5.91 Å². The van der Waals surface area contributed by atoms with Gasteiger partial charge in [0.15, 0.2) is 0 Å². The van der Waals surface area contributed by atoms with Crippen molar-refractivity contribution in [2.24, 2.45) is 16.6 Å². The Hall–Kier alpha value is -0.650. The monoisotopic (exact) mass is 270 g/mol. The summed E-state index contributed by atoms with van der Waals surface area (Å²) >= 11 is 0. The van der Waals surface area contributed by atoms with Gasteiger partial charge in [-0.05, 0) is 19.3 Å². The highest BCUT2D eigenvalue weighted by Crippen LogP contribution is 2.43. The van der Waals surface area contributed by atoms with Gasteiger partial charge in [0, 0.05) is 38.3 Å². The quantitative estimate of drug-likeness (QED) is 0.787. The van der Waals surface area contributed by atoms with Crippen molar-refractivity contribution in [1.82, 2.24) is 5.32 Å². The predicted octanol–water partition coefficient (Wildman–Crippen LogP) is 0.672. The molecule has 5 heteroatoms. The van der Waals surface area contributed by atoms with Crippen LogP contribution in [0.1, 0.15) is 33.1 Å². The van der Waals surface area contributed by atoms with Crippen molar-refractivity contribution in [1.29, 1.82) is 0 Å². The maximum atomic E-state index is 12.5. The van der Waals surface area contributed by atoms with E-state index in [-0.39, 0.29) is 23.5 Å². The topological polar surface area (TPSA) is 73.6 Å². The minimum Gasteiger partial charge on any atom is -0.381 e. The van der Waals surface area contributed by atoms with Crippen LogP contribution in [0.4, 0.5) is 0 Å². The van der Waals surface area contributed by atoms with Gasteiger partial charge in [0.2, 0.25) is 5.91 Å². The summed E-state index contributed by atoms with van der Waals surface area (Å²) in [5.41, 5.74) is 5.41. The van der Waals surface area contributed by atoms with Gasteiger partial charge in [-0.25, -0.2) is 0 Å². The molecule has 0 aromatic rings. The van der Waals surface area contributed by atoms with E-state index in [2.05, 4.69) is 19.2 Å². The van der Waals surface area contributed by atoms with E-state index >= 15 is 0 Å². The fourth-order valence-electron chi connectivity index (χ4n) is 3.13. The molecule has 1 amide bonds. The van der Waals surface area contributed by atoms with Crippen LogP contribution in [0, 0.1) is 10.8 Å². The van der Waals surface area contributed by atoms with Crippen LogP contribution >= 0.6 is 0 Å². The Morgan fingerprint density at radius 1 is 1.42 bits per heavy atom. The van der Waals surface area contributed by atoms with Gasteiger partial charge < -0.3 is 20.5 Å². The normalized spacial score (nSPS) is 32.4. The maximum Gasteiger partial charge on any atom is 0.227 e. The number of hydrogen-bond acceptors (Lipinski definition) is 4. The first-order valence-corrected chi connectivity index (χ1v) is 7.08. The lowest BCUT2D eigenvalue weighted by Crippen LogP contribution is -2.64. The Morgan fingerprint density at radius 2 is 2.05 bits per heavy atom. The SMILES string of the molecule is COC1CC(NC(=O)C2(CN)CCOCC2)C1(C)C. The van der Waals surface area contributed by atoms with E-state index in [0.717, 1.165) is 19.3 Å². The zero-order chi connectivity index (χ0) is 14.1. The second-order valence-corrected chi connectivity index (χ2v) is 6.40. The molecule has 2 atom stereocenters. The molecule has 0 radical (unpaired) electrons. The molecule has 2 fully saturated rings. The Labute approximate surface area is 115 Å². The Balaban J connectivity index is 1.97. The van der Waals surface area contributed by atoms with E-state index in [1.807, 2.05) is 0 Å². The van der Waals surface area contributed by atoms with Crippen molar-refractivity contribution in [2.75, 3.05) is 26.9 Å². The summed E-state index contributed by atoms with van der Waals surface area (Å²) in [4.78, 5) is 12.5. The third-order valence-electron chi connectivity index (χ3n) is 5.09. The highest BCUT2D eigenvalue weighted by molar-refractivity contribution is 5.83. The number of rotatable bonds is 4. The van der Waals surface area contributed by atoms with Gasteiger partial charge in [0.1, 0.15) is 0 Å². The third kappa shape index (κ3) is 2.51.